The van der Waals surface area contributed by atoms with Crippen molar-refractivity contribution in [1.82, 2.24) is 0 Å². The molecule has 3 rings (SSSR count). The van der Waals surface area contributed by atoms with Crippen LogP contribution in [-0.4, -0.2) is 5.97 Å². The third kappa shape index (κ3) is 3.19. The molecule has 0 spiro atoms. The molecule has 23 heavy (non-hydrogen) atoms. The predicted molar refractivity (Wildman–Crippen MR) is 90.1 cm³/mol. The molecule has 0 saturated heterocycles. The molecule has 2 aromatic heterocycles. The van der Waals surface area contributed by atoms with Gasteiger partial charge in [-0.25, -0.2) is 9.59 Å². The van der Waals surface area contributed by atoms with E-state index in [1.54, 1.807) is 17.4 Å². The van der Waals surface area contributed by atoms with E-state index in [9.17, 15) is 9.59 Å². The number of ether oxygens (including phenoxy) is 1. The largest absolute Gasteiger partial charge is 0.457 e. The van der Waals surface area contributed by atoms with Gasteiger partial charge >= 0.3 is 11.6 Å². The van der Waals surface area contributed by atoms with Gasteiger partial charge in [0, 0.05) is 26.8 Å². The molecule has 5 heteroatoms. The summed E-state index contributed by atoms with van der Waals surface area (Å²) in [6, 6.07) is 8.80. The zero-order valence-electron chi connectivity index (χ0n) is 13.1. The van der Waals surface area contributed by atoms with Crippen molar-refractivity contribution in [2.45, 2.75) is 27.4 Å². The molecule has 118 valence electrons. The van der Waals surface area contributed by atoms with E-state index in [1.165, 1.54) is 6.07 Å². The number of carbonyl (C=O) groups is 1. The highest BCUT2D eigenvalue weighted by atomic mass is 32.1. The molecule has 0 bridgehead atoms. The minimum Gasteiger partial charge on any atom is -0.457 e. The van der Waals surface area contributed by atoms with Gasteiger partial charge in [0.1, 0.15) is 12.2 Å². The van der Waals surface area contributed by atoms with Crippen molar-refractivity contribution in [3.63, 3.8) is 0 Å². The van der Waals surface area contributed by atoms with Gasteiger partial charge in [0.25, 0.3) is 0 Å². The van der Waals surface area contributed by atoms with E-state index in [0.29, 0.717) is 16.7 Å². The second-order valence-corrected chi connectivity index (χ2v) is 6.95. The lowest BCUT2D eigenvalue weighted by atomic mass is 10.1. The molecule has 0 radical (unpaired) electrons. The minimum absolute atomic E-state index is 0.0400. The second-order valence-electron chi connectivity index (χ2n) is 5.49. The molecular formula is C18H16O4S. The van der Waals surface area contributed by atoms with E-state index in [-0.39, 0.29) is 12.6 Å². The lowest BCUT2D eigenvalue weighted by Crippen LogP contribution is -2.08. The summed E-state index contributed by atoms with van der Waals surface area (Å²) in [7, 11) is 0. The van der Waals surface area contributed by atoms with Gasteiger partial charge in [-0.05, 0) is 38.5 Å². The van der Waals surface area contributed by atoms with Crippen molar-refractivity contribution >= 4 is 28.3 Å². The molecule has 0 fully saturated rings. The number of carbonyl (C=O) groups excluding carboxylic acids is 1. The first-order chi connectivity index (χ1) is 10.9. The molecule has 2 heterocycles. The van der Waals surface area contributed by atoms with Crippen molar-refractivity contribution in [2.75, 3.05) is 0 Å². The number of hydrogen-bond donors (Lipinski definition) is 0. The fraction of sp³-hybridized carbons (Fsp3) is 0.222. The van der Waals surface area contributed by atoms with E-state index < -0.39 is 5.63 Å². The summed E-state index contributed by atoms with van der Waals surface area (Å²) in [5, 5.41) is 0.779. The number of benzene rings is 1. The summed E-state index contributed by atoms with van der Waals surface area (Å²) in [6.07, 6.45) is 0. The Balaban J connectivity index is 1.88. The van der Waals surface area contributed by atoms with Gasteiger partial charge in [-0.15, -0.1) is 11.3 Å². The molecular weight excluding hydrogens is 312 g/mol. The number of rotatable bonds is 3. The van der Waals surface area contributed by atoms with Gasteiger partial charge in [0.15, 0.2) is 0 Å². The Morgan fingerprint density at radius 2 is 1.96 bits per heavy atom. The van der Waals surface area contributed by atoms with Gasteiger partial charge in [0.05, 0.1) is 5.56 Å². The van der Waals surface area contributed by atoms with Crippen LogP contribution in [0.15, 0.2) is 39.5 Å². The molecule has 0 atom stereocenters. The Labute approximate surface area is 137 Å². The minimum atomic E-state index is -0.447. The van der Waals surface area contributed by atoms with Crippen LogP contribution in [0.2, 0.25) is 0 Å². The number of hydrogen-bond acceptors (Lipinski definition) is 5. The van der Waals surface area contributed by atoms with Crippen molar-refractivity contribution in [3.05, 3.63) is 67.2 Å². The number of aryl methyl sites for hydroxylation is 3. The van der Waals surface area contributed by atoms with E-state index in [2.05, 4.69) is 0 Å². The van der Waals surface area contributed by atoms with Crippen molar-refractivity contribution in [2.24, 2.45) is 0 Å². The zero-order chi connectivity index (χ0) is 16.6. The first-order valence-electron chi connectivity index (χ1n) is 7.21. The van der Waals surface area contributed by atoms with Crippen LogP contribution in [-0.2, 0) is 11.3 Å². The predicted octanol–water partition coefficient (Wildman–Crippen LogP) is 4.14. The highest BCUT2D eigenvalue weighted by molar-refractivity contribution is 7.12. The molecule has 0 aliphatic heterocycles. The van der Waals surface area contributed by atoms with Gasteiger partial charge < -0.3 is 9.15 Å². The Hall–Kier alpha value is -2.40. The van der Waals surface area contributed by atoms with E-state index in [1.807, 2.05) is 39.0 Å². The SMILES string of the molecule is Cc1ccc2c(COC(=O)c3cc(C)sc3C)cc(=O)oc2c1. The summed E-state index contributed by atoms with van der Waals surface area (Å²) in [5.41, 5.74) is 2.28. The highest BCUT2D eigenvalue weighted by Gasteiger charge is 2.15. The lowest BCUT2D eigenvalue weighted by molar-refractivity contribution is 0.0473. The van der Waals surface area contributed by atoms with E-state index >= 15 is 0 Å². The third-order valence-corrected chi connectivity index (χ3v) is 4.57. The Kier molecular flexibility index (Phi) is 4.05. The molecule has 0 N–H and O–H groups in total. The summed E-state index contributed by atoms with van der Waals surface area (Å²) in [5.74, 6) is -0.375. The monoisotopic (exact) mass is 328 g/mol. The van der Waals surface area contributed by atoms with Crippen LogP contribution >= 0.6 is 11.3 Å². The van der Waals surface area contributed by atoms with Crippen LogP contribution < -0.4 is 5.63 Å². The lowest BCUT2D eigenvalue weighted by Gasteiger charge is -2.07. The Morgan fingerprint density at radius 3 is 2.65 bits per heavy atom. The highest BCUT2D eigenvalue weighted by Crippen LogP contribution is 2.23. The maximum Gasteiger partial charge on any atom is 0.339 e. The maximum atomic E-state index is 12.2. The van der Waals surface area contributed by atoms with Gasteiger partial charge in [-0.2, -0.15) is 0 Å². The number of thiophene rings is 1. The number of fused-ring (bicyclic) bond motifs is 1. The second kappa shape index (κ2) is 6.01. The number of esters is 1. The van der Waals surface area contributed by atoms with Crippen molar-refractivity contribution < 1.29 is 13.9 Å². The molecule has 0 unspecified atom stereocenters. The molecule has 0 saturated carbocycles. The molecule has 0 amide bonds. The summed E-state index contributed by atoms with van der Waals surface area (Å²) < 4.78 is 10.6. The van der Waals surface area contributed by atoms with Gasteiger partial charge in [0.2, 0.25) is 0 Å². The molecule has 3 aromatic rings. The van der Waals surface area contributed by atoms with Crippen LogP contribution in [0.4, 0.5) is 0 Å². The van der Waals surface area contributed by atoms with Crippen LogP contribution in [0.25, 0.3) is 11.0 Å². The fourth-order valence-corrected chi connectivity index (χ4v) is 3.42. The molecule has 0 aliphatic carbocycles. The molecule has 0 aliphatic rings. The average molecular weight is 328 g/mol. The van der Waals surface area contributed by atoms with Gasteiger partial charge in [-0.1, -0.05) is 12.1 Å². The fourth-order valence-electron chi connectivity index (χ4n) is 2.51. The quantitative estimate of drug-likeness (QED) is 0.536. The first-order valence-corrected chi connectivity index (χ1v) is 8.03. The average Bonchev–Trinajstić information content (AvgIpc) is 2.82. The standard InChI is InChI=1S/C18H16O4S/c1-10-4-5-14-13(8-17(19)22-16(14)6-10)9-21-18(20)15-7-11(2)23-12(15)3/h4-8H,9H2,1-3H3. The van der Waals surface area contributed by atoms with Crippen molar-refractivity contribution in [3.8, 4) is 0 Å². The van der Waals surface area contributed by atoms with Crippen molar-refractivity contribution in [1.29, 1.82) is 0 Å². The topological polar surface area (TPSA) is 56.5 Å². The Morgan fingerprint density at radius 1 is 1.17 bits per heavy atom. The van der Waals surface area contributed by atoms with Crippen LogP contribution in [0.5, 0.6) is 0 Å². The van der Waals surface area contributed by atoms with Crippen LogP contribution in [0, 0.1) is 20.8 Å². The maximum absolute atomic E-state index is 12.2. The summed E-state index contributed by atoms with van der Waals surface area (Å²) in [6.45, 7) is 5.81. The summed E-state index contributed by atoms with van der Waals surface area (Å²) in [4.78, 5) is 25.9. The first kappa shape index (κ1) is 15.5. The smallest absolute Gasteiger partial charge is 0.339 e. The molecule has 1 aromatic carbocycles. The Bertz CT molecular complexity index is 949. The van der Waals surface area contributed by atoms with E-state index in [4.69, 9.17) is 9.15 Å². The zero-order valence-corrected chi connectivity index (χ0v) is 14.0. The van der Waals surface area contributed by atoms with Crippen LogP contribution in [0.1, 0.15) is 31.2 Å². The molecule has 4 nitrogen and oxygen atoms in total. The van der Waals surface area contributed by atoms with Gasteiger partial charge in [-0.3, -0.25) is 0 Å². The van der Waals surface area contributed by atoms with E-state index in [0.717, 1.165) is 20.7 Å². The normalized spacial score (nSPS) is 10.9. The van der Waals surface area contributed by atoms with Crippen LogP contribution in [0.3, 0.4) is 0 Å². The summed E-state index contributed by atoms with van der Waals surface area (Å²) >= 11 is 1.56. The third-order valence-electron chi connectivity index (χ3n) is 3.61.